The zero-order chi connectivity index (χ0) is 27.5. The van der Waals surface area contributed by atoms with Crippen molar-refractivity contribution in [2.75, 3.05) is 19.5 Å². The Morgan fingerprint density at radius 1 is 1.08 bits per heavy atom. The predicted octanol–water partition coefficient (Wildman–Crippen LogP) is 5.33. The predicted molar refractivity (Wildman–Crippen MR) is 150 cm³/mol. The van der Waals surface area contributed by atoms with E-state index in [0.717, 1.165) is 22.4 Å². The molecule has 1 N–H and O–H groups in total. The Morgan fingerprint density at radius 2 is 1.82 bits per heavy atom. The second-order valence-electron chi connectivity index (χ2n) is 9.19. The Bertz CT molecular complexity index is 1460. The van der Waals surface area contributed by atoms with Crippen molar-refractivity contribution < 1.29 is 23.5 Å². The van der Waals surface area contributed by atoms with Gasteiger partial charge in [0.25, 0.3) is 5.91 Å². The van der Waals surface area contributed by atoms with Gasteiger partial charge < -0.3 is 14.8 Å². The fourth-order valence-corrected chi connectivity index (χ4v) is 5.50. The van der Waals surface area contributed by atoms with Crippen molar-refractivity contribution in [1.82, 2.24) is 5.01 Å². The van der Waals surface area contributed by atoms with Crippen LogP contribution < -0.4 is 14.8 Å². The highest BCUT2D eigenvalue weighted by molar-refractivity contribution is 8.15. The quantitative estimate of drug-likeness (QED) is 0.431. The third kappa shape index (κ3) is 5.80. The number of methoxy groups -OCH3 is 2. The van der Waals surface area contributed by atoms with E-state index in [4.69, 9.17) is 14.6 Å². The molecule has 2 aliphatic rings. The van der Waals surface area contributed by atoms with Gasteiger partial charge in [0.2, 0.25) is 5.91 Å². The van der Waals surface area contributed by atoms with Gasteiger partial charge >= 0.3 is 0 Å². The Labute approximate surface area is 229 Å². The van der Waals surface area contributed by atoms with Crippen LogP contribution >= 0.6 is 11.8 Å². The minimum Gasteiger partial charge on any atom is -0.497 e. The molecule has 0 spiro atoms. The van der Waals surface area contributed by atoms with Crippen LogP contribution in [0.2, 0.25) is 0 Å². The Kier molecular flexibility index (Phi) is 7.65. The standard InChI is InChI=1S/C29H27FN4O4S/c1-17-4-6-19(7-5-17)24-15-22(18-8-10-20(30)11-9-18)33-34(24)29-32-28(36)26(39-29)16-27(35)31-23-14-21(37-2)12-13-25(23)38-3/h4-14,24,26H,15-16H2,1-3H3,(H,31,35). The van der Waals surface area contributed by atoms with E-state index in [1.165, 1.54) is 38.1 Å². The molecular weight excluding hydrogens is 519 g/mol. The number of ether oxygens (including phenoxy) is 2. The summed E-state index contributed by atoms with van der Waals surface area (Å²) in [4.78, 5) is 30.1. The second kappa shape index (κ2) is 11.3. The van der Waals surface area contributed by atoms with Gasteiger partial charge in [-0.25, -0.2) is 9.40 Å². The van der Waals surface area contributed by atoms with Crippen LogP contribution in [0.1, 0.15) is 35.6 Å². The van der Waals surface area contributed by atoms with Crippen LogP contribution in [0.15, 0.2) is 76.8 Å². The largest absolute Gasteiger partial charge is 0.497 e. The number of hydrogen-bond acceptors (Lipinski definition) is 7. The molecule has 3 aromatic rings. The van der Waals surface area contributed by atoms with Crippen molar-refractivity contribution in [2.45, 2.75) is 31.1 Å². The van der Waals surface area contributed by atoms with Crippen molar-refractivity contribution in [3.8, 4) is 11.5 Å². The molecule has 0 saturated heterocycles. The molecule has 5 rings (SSSR count). The molecular formula is C29H27FN4O4S. The van der Waals surface area contributed by atoms with Gasteiger partial charge in [-0.05, 0) is 42.3 Å². The Balaban J connectivity index is 1.34. The van der Waals surface area contributed by atoms with Crippen molar-refractivity contribution in [2.24, 2.45) is 10.1 Å². The summed E-state index contributed by atoms with van der Waals surface area (Å²) >= 11 is 1.22. The number of nitrogens with one attached hydrogen (secondary N) is 1. The number of amidine groups is 1. The number of aryl methyl sites for hydroxylation is 1. The molecule has 2 amide bonds. The number of benzene rings is 3. The molecule has 2 atom stereocenters. The highest BCUT2D eigenvalue weighted by Gasteiger charge is 2.39. The summed E-state index contributed by atoms with van der Waals surface area (Å²) in [5, 5.41) is 9.09. The van der Waals surface area contributed by atoms with Crippen LogP contribution in [-0.4, -0.2) is 47.2 Å². The maximum atomic E-state index is 13.5. The lowest BCUT2D eigenvalue weighted by molar-refractivity contribution is -0.121. The lowest BCUT2D eigenvalue weighted by Crippen LogP contribution is -2.25. The lowest BCUT2D eigenvalue weighted by atomic mass is 9.98. The van der Waals surface area contributed by atoms with E-state index in [1.54, 1.807) is 35.3 Å². The summed E-state index contributed by atoms with van der Waals surface area (Å²) in [6, 6.07) is 19.2. The van der Waals surface area contributed by atoms with E-state index in [9.17, 15) is 14.0 Å². The van der Waals surface area contributed by atoms with E-state index in [-0.39, 0.29) is 24.2 Å². The van der Waals surface area contributed by atoms with Crippen LogP contribution in [0.3, 0.4) is 0 Å². The van der Waals surface area contributed by atoms with Crippen molar-refractivity contribution in [1.29, 1.82) is 0 Å². The van der Waals surface area contributed by atoms with Gasteiger partial charge in [-0.1, -0.05) is 53.7 Å². The number of nitrogens with zero attached hydrogens (tertiary/aromatic N) is 3. The number of carbonyl (C=O) groups excluding carboxylic acids is 2. The number of amides is 2. The molecule has 200 valence electrons. The summed E-state index contributed by atoms with van der Waals surface area (Å²) in [5.41, 5.74) is 4.16. The molecule has 8 nitrogen and oxygen atoms in total. The first kappa shape index (κ1) is 26.4. The van der Waals surface area contributed by atoms with E-state index >= 15 is 0 Å². The first-order valence-corrected chi connectivity index (χ1v) is 13.2. The number of aliphatic imine (C=N–C) groups is 1. The number of anilines is 1. The van der Waals surface area contributed by atoms with Crippen LogP contribution in [0.4, 0.5) is 10.1 Å². The monoisotopic (exact) mass is 546 g/mol. The van der Waals surface area contributed by atoms with E-state index in [2.05, 4.69) is 10.3 Å². The number of thioether (sulfide) groups is 1. The third-order valence-electron chi connectivity index (χ3n) is 6.53. The summed E-state index contributed by atoms with van der Waals surface area (Å²) in [6.07, 6.45) is 0.484. The van der Waals surface area contributed by atoms with Gasteiger partial charge in [0.05, 0.1) is 31.7 Å². The molecule has 3 aromatic carbocycles. The number of hydrogen-bond donors (Lipinski definition) is 1. The van der Waals surface area contributed by atoms with Gasteiger partial charge in [0, 0.05) is 18.9 Å². The average molecular weight is 547 g/mol. The molecule has 0 bridgehead atoms. The maximum absolute atomic E-state index is 13.5. The molecule has 0 aliphatic carbocycles. The van der Waals surface area contributed by atoms with Gasteiger partial charge in [-0.3, -0.25) is 9.59 Å². The minimum atomic E-state index is -0.694. The fraction of sp³-hybridized carbons (Fsp3) is 0.241. The third-order valence-corrected chi connectivity index (χ3v) is 7.67. The maximum Gasteiger partial charge on any atom is 0.262 e. The van der Waals surface area contributed by atoms with Crippen molar-refractivity contribution in [3.05, 3.63) is 89.2 Å². The molecule has 39 heavy (non-hydrogen) atoms. The van der Waals surface area contributed by atoms with E-state index in [0.29, 0.717) is 28.8 Å². The van der Waals surface area contributed by atoms with Crippen LogP contribution in [-0.2, 0) is 9.59 Å². The number of rotatable bonds is 7. The van der Waals surface area contributed by atoms with Gasteiger partial charge in [-0.2, -0.15) is 10.1 Å². The summed E-state index contributed by atoms with van der Waals surface area (Å²) in [6.45, 7) is 2.02. The topological polar surface area (TPSA) is 92.6 Å². The summed E-state index contributed by atoms with van der Waals surface area (Å²) < 4.78 is 24.1. The lowest BCUT2D eigenvalue weighted by Gasteiger charge is -2.23. The van der Waals surface area contributed by atoms with Crippen molar-refractivity contribution >= 4 is 40.1 Å². The van der Waals surface area contributed by atoms with Crippen LogP contribution in [0.25, 0.3) is 0 Å². The summed E-state index contributed by atoms with van der Waals surface area (Å²) in [7, 11) is 3.04. The molecule has 0 radical (unpaired) electrons. The molecule has 0 saturated carbocycles. The van der Waals surface area contributed by atoms with Crippen LogP contribution in [0, 0.1) is 12.7 Å². The highest BCUT2D eigenvalue weighted by atomic mass is 32.2. The molecule has 10 heteroatoms. The molecule has 0 aromatic heterocycles. The van der Waals surface area contributed by atoms with Gasteiger partial charge in [0.1, 0.15) is 22.6 Å². The molecule has 2 unspecified atom stereocenters. The Hall–Kier alpha value is -4.18. The zero-order valence-corrected chi connectivity index (χ0v) is 22.5. The second-order valence-corrected chi connectivity index (χ2v) is 10.4. The van der Waals surface area contributed by atoms with Gasteiger partial charge in [0.15, 0.2) is 5.17 Å². The van der Waals surface area contributed by atoms with Gasteiger partial charge in [-0.15, -0.1) is 0 Å². The molecule has 2 heterocycles. The molecule has 2 aliphatic heterocycles. The first-order chi connectivity index (χ1) is 18.8. The fourth-order valence-electron chi connectivity index (χ4n) is 4.44. The first-order valence-electron chi connectivity index (χ1n) is 12.3. The van der Waals surface area contributed by atoms with E-state index < -0.39 is 11.2 Å². The zero-order valence-electron chi connectivity index (χ0n) is 21.7. The number of halogens is 1. The molecule has 0 fully saturated rings. The highest BCUT2D eigenvalue weighted by Crippen LogP contribution is 2.39. The number of hydrazone groups is 1. The Morgan fingerprint density at radius 3 is 2.51 bits per heavy atom. The van der Waals surface area contributed by atoms with Crippen molar-refractivity contribution in [3.63, 3.8) is 0 Å². The SMILES string of the molecule is COc1ccc(OC)c(NC(=O)CC2SC(N3N=C(c4ccc(F)cc4)CC3c3ccc(C)cc3)=NC2=O)c1. The average Bonchev–Trinajstić information content (AvgIpc) is 3.53. The normalized spacial score (nSPS) is 18.6. The number of carbonyl (C=O) groups is 2. The summed E-state index contributed by atoms with van der Waals surface area (Å²) in [5.74, 6) is -0.0220. The smallest absolute Gasteiger partial charge is 0.262 e. The van der Waals surface area contributed by atoms with Crippen LogP contribution in [0.5, 0.6) is 11.5 Å². The minimum absolute atomic E-state index is 0.0750. The van der Waals surface area contributed by atoms with E-state index in [1.807, 2.05) is 31.2 Å².